The lowest BCUT2D eigenvalue weighted by Crippen LogP contribution is -2.12. The monoisotopic (exact) mass is 304 g/mol. The molecule has 0 aliphatic carbocycles. The third kappa shape index (κ3) is 3.22. The van der Waals surface area contributed by atoms with E-state index in [1.54, 1.807) is 12.1 Å². The summed E-state index contributed by atoms with van der Waals surface area (Å²) in [6.07, 6.45) is 0. The molecular formula is C11H14BrFN2S. The van der Waals surface area contributed by atoms with E-state index in [1.165, 1.54) is 11.8 Å². The third-order valence-corrected chi connectivity index (χ3v) is 4.14. The Morgan fingerprint density at radius 3 is 2.69 bits per heavy atom. The highest BCUT2D eigenvalue weighted by Gasteiger charge is 2.13. The standard InChI is InChI=1S/C11H14BrFN2S/c1-6(2)5-16-8-4-3-7(11(14)15)9(12)10(8)13/h3-4,6H,5H2,1-2H3,(H3,14,15). The van der Waals surface area contributed by atoms with E-state index in [1.807, 2.05) is 0 Å². The maximum absolute atomic E-state index is 13.9. The highest BCUT2D eigenvalue weighted by Crippen LogP contribution is 2.30. The molecule has 1 aromatic rings. The Hall–Kier alpha value is -0.550. The molecule has 0 aromatic heterocycles. The number of nitrogen functional groups attached to an aromatic ring is 1. The van der Waals surface area contributed by atoms with Crippen LogP contribution >= 0.6 is 27.7 Å². The van der Waals surface area contributed by atoms with Gasteiger partial charge in [0.15, 0.2) is 5.82 Å². The number of amidine groups is 1. The lowest BCUT2D eigenvalue weighted by molar-refractivity contribution is 0.594. The molecule has 16 heavy (non-hydrogen) atoms. The minimum Gasteiger partial charge on any atom is -0.384 e. The van der Waals surface area contributed by atoms with Crippen molar-refractivity contribution in [1.82, 2.24) is 0 Å². The van der Waals surface area contributed by atoms with E-state index in [0.717, 1.165) is 5.75 Å². The maximum atomic E-state index is 13.9. The lowest BCUT2D eigenvalue weighted by atomic mass is 10.2. The van der Waals surface area contributed by atoms with Crippen LogP contribution in [0.5, 0.6) is 0 Å². The van der Waals surface area contributed by atoms with Gasteiger partial charge in [0.05, 0.1) is 4.47 Å². The molecule has 0 atom stereocenters. The molecule has 0 amide bonds. The first kappa shape index (κ1) is 13.5. The van der Waals surface area contributed by atoms with E-state index in [0.29, 0.717) is 16.4 Å². The first-order valence-corrected chi connectivity index (χ1v) is 6.66. The van der Waals surface area contributed by atoms with E-state index in [2.05, 4.69) is 29.8 Å². The third-order valence-electron chi connectivity index (χ3n) is 1.91. The average Bonchev–Trinajstić information content (AvgIpc) is 2.19. The number of hydrogen-bond acceptors (Lipinski definition) is 2. The van der Waals surface area contributed by atoms with E-state index >= 15 is 0 Å². The fourth-order valence-corrected chi connectivity index (χ4v) is 2.70. The molecule has 0 spiro atoms. The second-order valence-electron chi connectivity index (χ2n) is 3.86. The Morgan fingerprint density at radius 2 is 2.19 bits per heavy atom. The van der Waals surface area contributed by atoms with E-state index in [9.17, 15) is 4.39 Å². The van der Waals surface area contributed by atoms with Gasteiger partial charge in [-0.1, -0.05) is 13.8 Å². The van der Waals surface area contributed by atoms with Crippen molar-refractivity contribution in [2.24, 2.45) is 11.7 Å². The van der Waals surface area contributed by atoms with Crippen LogP contribution in [0.25, 0.3) is 0 Å². The number of nitrogens with two attached hydrogens (primary N) is 1. The SMILES string of the molecule is CC(C)CSc1ccc(C(=N)N)c(Br)c1F. The summed E-state index contributed by atoms with van der Waals surface area (Å²) in [4.78, 5) is 0.588. The second kappa shape index (κ2) is 5.68. The summed E-state index contributed by atoms with van der Waals surface area (Å²) in [6.45, 7) is 4.17. The number of benzene rings is 1. The zero-order chi connectivity index (χ0) is 12.3. The predicted molar refractivity (Wildman–Crippen MR) is 70.7 cm³/mol. The van der Waals surface area contributed by atoms with Crippen LogP contribution in [0.15, 0.2) is 21.5 Å². The van der Waals surface area contributed by atoms with Crippen LogP contribution in [0, 0.1) is 17.1 Å². The van der Waals surface area contributed by atoms with Crippen molar-refractivity contribution in [2.45, 2.75) is 18.7 Å². The molecule has 0 bridgehead atoms. The highest BCUT2D eigenvalue weighted by atomic mass is 79.9. The van der Waals surface area contributed by atoms with Gasteiger partial charge in [-0.2, -0.15) is 0 Å². The molecular weight excluding hydrogens is 291 g/mol. The van der Waals surface area contributed by atoms with E-state index in [4.69, 9.17) is 11.1 Å². The molecule has 0 fully saturated rings. The maximum Gasteiger partial charge on any atom is 0.151 e. The normalized spacial score (nSPS) is 10.8. The molecule has 1 aromatic carbocycles. The van der Waals surface area contributed by atoms with Crippen LogP contribution in [-0.4, -0.2) is 11.6 Å². The summed E-state index contributed by atoms with van der Waals surface area (Å²) < 4.78 is 14.1. The molecule has 0 saturated heterocycles. The van der Waals surface area contributed by atoms with Crippen LogP contribution in [0.4, 0.5) is 4.39 Å². The first-order valence-electron chi connectivity index (χ1n) is 4.88. The van der Waals surface area contributed by atoms with Crippen molar-refractivity contribution >= 4 is 33.5 Å². The Bertz CT molecular complexity index is 407. The Morgan fingerprint density at radius 1 is 1.56 bits per heavy atom. The molecule has 0 unspecified atom stereocenters. The van der Waals surface area contributed by atoms with Gasteiger partial charge in [0.25, 0.3) is 0 Å². The molecule has 0 radical (unpaired) electrons. The zero-order valence-corrected chi connectivity index (χ0v) is 11.6. The summed E-state index contributed by atoms with van der Waals surface area (Å²) in [5.74, 6) is 0.906. The molecule has 5 heteroatoms. The van der Waals surface area contributed by atoms with Crippen LogP contribution in [0.1, 0.15) is 19.4 Å². The second-order valence-corrected chi connectivity index (χ2v) is 5.71. The van der Waals surface area contributed by atoms with Crippen molar-refractivity contribution in [3.05, 3.63) is 28.0 Å². The van der Waals surface area contributed by atoms with E-state index < -0.39 is 0 Å². The number of halogens is 2. The van der Waals surface area contributed by atoms with Gasteiger partial charge < -0.3 is 5.73 Å². The van der Waals surface area contributed by atoms with Gasteiger partial charge in [0, 0.05) is 16.2 Å². The highest BCUT2D eigenvalue weighted by molar-refractivity contribution is 9.10. The first-order chi connectivity index (χ1) is 7.43. The number of rotatable bonds is 4. The van der Waals surface area contributed by atoms with Crippen molar-refractivity contribution in [3.63, 3.8) is 0 Å². The molecule has 88 valence electrons. The molecule has 3 N–H and O–H groups in total. The van der Waals surface area contributed by atoms with Gasteiger partial charge in [-0.05, 0) is 34.0 Å². The van der Waals surface area contributed by atoms with Crippen molar-refractivity contribution in [3.8, 4) is 0 Å². The largest absolute Gasteiger partial charge is 0.384 e. The van der Waals surface area contributed by atoms with Gasteiger partial charge >= 0.3 is 0 Å². The predicted octanol–water partition coefficient (Wildman–Crippen LogP) is 3.62. The summed E-state index contributed by atoms with van der Waals surface area (Å²) in [7, 11) is 0. The Balaban J connectivity index is 2.98. The van der Waals surface area contributed by atoms with Gasteiger partial charge in [0.2, 0.25) is 0 Å². The molecule has 0 aliphatic rings. The Kier molecular flexibility index (Phi) is 4.80. The van der Waals surface area contributed by atoms with Crippen LogP contribution in [-0.2, 0) is 0 Å². The Labute approximate surface area is 107 Å². The van der Waals surface area contributed by atoms with Gasteiger partial charge in [0.1, 0.15) is 5.84 Å². The summed E-state index contributed by atoms with van der Waals surface area (Å²) in [6, 6.07) is 3.34. The van der Waals surface area contributed by atoms with Gasteiger partial charge in [-0.15, -0.1) is 11.8 Å². The summed E-state index contributed by atoms with van der Waals surface area (Å²) in [5.41, 5.74) is 5.73. The van der Waals surface area contributed by atoms with Crippen LogP contribution in [0.2, 0.25) is 0 Å². The van der Waals surface area contributed by atoms with E-state index in [-0.39, 0.29) is 16.1 Å². The summed E-state index contributed by atoms with van der Waals surface area (Å²) >= 11 is 4.60. The minimum atomic E-state index is -0.335. The number of nitrogens with one attached hydrogen (secondary N) is 1. The molecule has 0 saturated carbocycles. The molecule has 0 heterocycles. The topological polar surface area (TPSA) is 49.9 Å². The molecule has 0 aliphatic heterocycles. The fourth-order valence-electron chi connectivity index (χ4n) is 1.11. The lowest BCUT2D eigenvalue weighted by Gasteiger charge is -2.09. The fraction of sp³-hybridized carbons (Fsp3) is 0.364. The minimum absolute atomic E-state index is 0.133. The van der Waals surface area contributed by atoms with Crippen molar-refractivity contribution in [2.75, 3.05) is 5.75 Å². The zero-order valence-electron chi connectivity index (χ0n) is 9.18. The van der Waals surface area contributed by atoms with Crippen LogP contribution in [0.3, 0.4) is 0 Å². The quantitative estimate of drug-likeness (QED) is 0.507. The van der Waals surface area contributed by atoms with Crippen molar-refractivity contribution in [1.29, 1.82) is 5.41 Å². The van der Waals surface area contributed by atoms with Crippen LogP contribution < -0.4 is 5.73 Å². The summed E-state index contributed by atoms with van der Waals surface area (Å²) in [5, 5.41) is 7.29. The van der Waals surface area contributed by atoms with Gasteiger partial charge in [-0.3, -0.25) is 5.41 Å². The average molecular weight is 305 g/mol. The van der Waals surface area contributed by atoms with Crippen molar-refractivity contribution < 1.29 is 4.39 Å². The molecule has 1 rings (SSSR count). The number of hydrogen-bond donors (Lipinski definition) is 2. The molecule has 2 nitrogen and oxygen atoms in total. The number of thioether (sulfide) groups is 1. The smallest absolute Gasteiger partial charge is 0.151 e. The van der Waals surface area contributed by atoms with Gasteiger partial charge in [-0.25, -0.2) is 4.39 Å².